The second-order valence-corrected chi connectivity index (χ2v) is 5.84. The maximum Gasteiger partial charge on any atom is 0.142 e. The number of hydrogen-bond donors (Lipinski definition) is 0. The predicted molar refractivity (Wildman–Crippen MR) is 99.8 cm³/mol. The maximum atomic E-state index is 6.24. The van der Waals surface area contributed by atoms with Gasteiger partial charge in [0.2, 0.25) is 0 Å². The molecule has 0 bridgehead atoms. The molecule has 0 aliphatic rings. The first-order chi connectivity index (χ1) is 11.8. The van der Waals surface area contributed by atoms with Gasteiger partial charge in [-0.15, -0.1) is 0 Å². The monoisotopic (exact) mass is 310 g/mol. The van der Waals surface area contributed by atoms with Gasteiger partial charge < -0.3 is 4.42 Å². The van der Waals surface area contributed by atoms with Crippen LogP contribution < -0.4 is 0 Å². The molecule has 1 heteroatoms. The largest absolute Gasteiger partial charge is 0.460 e. The second kappa shape index (κ2) is 6.21. The highest BCUT2D eigenvalue weighted by Gasteiger charge is 2.21. The van der Waals surface area contributed by atoms with E-state index >= 15 is 0 Å². The molecule has 0 atom stereocenters. The van der Waals surface area contributed by atoms with Gasteiger partial charge in [0, 0.05) is 16.7 Å². The molecular weight excluding hydrogens is 292 g/mol. The van der Waals surface area contributed by atoms with E-state index in [9.17, 15) is 0 Å². The van der Waals surface area contributed by atoms with Crippen LogP contribution in [0.1, 0.15) is 5.76 Å². The Morgan fingerprint density at radius 2 is 0.917 bits per heavy atom. The van der Waals surface area contributed by atoms with E-state index in [1.807, 2.05) is 37.3 Å². The first-order valence-electron chi connectivity index (χ1n) is 8.14. The summed E-state index contributed by atoms with van der Waals surface area (Å²) in [5.74, 6) is 1.87. The van der Waals surface area contributed by atoms with Gasteiger partial charge in [0.15, 0.2) is 0 Å². The highest BCUT2D eigenvalue weighted by Crippen LogP contribution is 2.44. The average Bonchev–Trinajstić information content (AvgIpc) is 3.01. The van der Waals surface area contributed by atoms with Crippen molar-refractivity contribution < 1.29 is 4.42 Å². The van der Waals surface area contributed by atoms with E-state index in [2.05, 4.69) is 60.7 Å². The molecule has 0 radical (unpaired) electrons. The van der Waals surface area contributed by atoms with Crippen molar-refractivity contribution in [2.75, 3.05) is 0 Å². The Balaban J connectivity index is 2.03. The van der Waals surface area contributed by atoms with Crippen molar-refractivity contribution in [2.24, 2.45) is 0 Å². The number of benzene rings is 3. The van der Waals surface area contributed by atoms with E-state index in [0.717, 1.165) is 22.6 Å². The van der Waals surface area contributed by atoms with Crippen LogP contribution in [-0.4, -0.2) is 0 Å². The van der Waals surface area contributed by atoms with Crippen molar-refractivity contribution in [3.8, 4) is 33.6 Å². The minimum absolute atomic E-state index is 0.929. The summed E-state index contributed by atoms with van der Waals surface area (Å²) in [4.78, 5) is 0. The topological polar surface area (TPSA) is 13.1 Å². The summed E-state index contributed by atoms with van der Waals surface area (Å²) in [5, 5.41) is 0. The van der Waals surface area contributed by atoms with Crippen LogP contribution in [0.5, 0.6) is 0 Å². The normalized spacial score (nSPS) is 10.7. The molecule has 0 N–H and O–H groups in total. The molecule has 4 rings (SSSR count). The minimum Gasteiger partial charge on any atom is -0.460 e. The van der Waals surface area contributed by atoms with E-state index in [4.69, 9.17) is 4.42 Å². The molecule has 0 saturated heterocycles. The van der Waals surface area contributed by atoms with Crippen LogP contribution in [-0.2, 0) is 0 Å². The van der Waals surface area contributed by atoms with Crippen LogP contribution in [0.25, 0.3) is 33.6 Å². The summed E-state index contributed by atoms with van der Waals surface area (Å²) in [7, 11) is 0. The fourth-order valence-electron chi connectivity index (χ4n) is 3.17. The Kier molecular flexibility index (Phi) is 3.76. The predicted octanol–water partition coefficient (Wildman–Crippen LogP) is 6.59. The van der Waals surface area contributed by atoms with Crippen LogP contribution >= 0.6 is 0 Å². The van der Waals surface area contributed by atoms with Gasteiger partial charge in [0.25, 0.3) is 0 Å². The molecule has 0 aliphatic carbocycles. The lowest BCUT2D eigenvalue weighted by Crippen LogP contribution is -1.84. The quantitative estimate of drug-likeness (QED) is 0.416. The number of rotatable bonds is 3. The standard InChI is InChI=1S/C23H18O/c1-17-21(18-11-5-2-6-12-18)22(19-13-7-3-8-14-19)23(24-17)20-15-9-4-10-16-20/h2-16H,1H3. The van der Waals surface area contributed by atoms with Crippen LogP contribution in [0, 0.1) is 6.92 Å². The Morgan fingerprint density at radius 3 is 1.42 bits per heavy atom. The van der Waals surface area contributed by atoms with Crippen molar-refractivity contribution in [3.05, 3.63) is 96.8 Å². The first-order valence-corrected chi connectivity index (χ1v) is 8.14. The molecule has 0 fully saturated rings. The van der Waals surface area contributed by atoms with Gasteiger partial charge in [-0.25, -0.2) is 0 Å². The Hall–Kier alpha value is -3.06. The lowest BCUT2D eigenvalue weighted by Gasteiger charge is -2.07. The van der Waals surface area contributed by atoms with Gasteiger partial charge in [0.1, 0.15) is 11.5 Å². The lowest BCUT2D eigenvalue weighted by atomic mass is 9.93. The summed E-state index contributed by atoms with van der Waals surface area (Å²) in [5.41, 5.74) is 5.78. The summed E-state index contributed by atoms with van der Waals surface area (Å²) < 4.78 is 6.24. The Labute approximate surface area is 142 Å². The van der Waals surface area contributed by atoms with Crippen LogP contribution in [0.4, 0.5) is 0 Å². The zero-order valence-electron chi connectivity index (χ0n) is 13.6. The number of furan rings is 1. The molecule has 0 spiro atoms. The van der Waals surface area contributed by atoms with E-state index in [1.165, 1.54) is 16.7 Å². The molecule has 3 aromatic carbocycles. The molecule has 0 saturated carbocycles. The SMILES string of the molecule is Cc1oc(-c2ccccc2)c(-c2ccccc2)c1-c1ccccc1. The van der Waals surface area contributed by atoms with Crippen LogP contribution in [0.15, 0.2) is 95.4 Å². The van der Waals surface area contributed by atoms with Gasteiger partial charge in [0.05, 0.1) is 0 Å². The minimum atomic E-state index is 0.929. The molecule has 0 unspecified atom stereocenters. The number of hydrogen-bond acceptors (Lipinski definition) is 1. The molecule has 116 valence electrons. The van der Waals surface area contributed by atoms with Gasteiger partial charge >= 0.3 is 0 Å². The molecule has 24 heavy (non-hydrogen) atoms. The van der Waals surface area contributed by atoms with Crippen molar-refractivity contribution in [2.45, 2.75) is 6.92 Å². The first kappa shape index (κ1) is 14.5. The molecule has 1 aromatic heterocycles. The highest BCUT2D eigenvalue weighted by molar-refractivity contribution is 5.93. The highest BCUT2D eigenvalue weighted by atomic mass is 16.3. The van der Waals surface area contributed by atoms with Gasteiger partial charge in [-0.1, -0.05) is 91.0 Å². The van der Waals surface area contributed by atoms with E-state index in [1.54, 1.807) is 0 Å². The smallest absolute Gasteiger partial charge is 0.142 e. The van der Waals surface area contributed by atoms with Crippen LogP contribution in [0.3, 0.4) is 0 Å². The van der Waals surface area contributed by atoms with Crippen LogP contribution in [0.2, 0.25) is 0 Å². The van der Waals surface area contributed by atoms with E-state index in [-0.39, 0.29) is 0 Å². The molecule has 1 heterocycles. The summed E-state index contributed by atoms with van der Waals surface area (Å²) in [6, 6.07) is 31.2. The summed E-state index contributed by atoms with van der Waals surface area (Å²) in [6.07, 6.45) is 0. The fourth-order valence-corrected chi connectivity index (χ4v) is 3.17. The van der Waals surface area contributed by atoms with Gasteiger partial charge in [-0.2, -0.15) is 0 Å². The molecule has 4 aromatic rings. The fraction of sp³-hybridized carbons (Fsp3) is 0.0435. The lowest BCUT2D eigenvalue weighted by molar-refractivity contribution is 0.550. The second-order valence-electron chi connectivity index (χ2n) is 5.84. The molecule has 0 amide bonds. The Morgan fingerprint density at radius 1 is 0.500 bits per heavy atom. The van der Waals surface area contributed by atoms with Crippen molar-refractivity contribution >= 4 is 0 Å². The summed E-state index contributed by atoms with van der Waals surface area (Å²) in [6.45, 7) is 2.04. The number of aryl methyl sites for hydroxylation is 1. The molecule has 1 nitrogen and oxygen atoms in total. The third kappa shape index (κ3) is 2.55. The third-order valence-electron chi connectivity index (χ3n) is 4.25. The van der Waals surface area contributed by atoms with Crippen molar-refractivity contribution in [1.29, 1.82) is 0 Å². The van der Waals surface area contributed by atoms with E-state index in [0.29, 0.717) is 0 Å². The average molecular weight is 310 g/mol. The summed E-state index contributed by atoms with van der Waals surface area (Å²) >= 11 is 0. The molecular formula is C23H18O. The van der Waals surface area contributed by atoms with Gasteiger partial charge in [-0.05, 0) is 18.1 Å². The zero-order chi connectivity index (χ0) is 16.4. The maximum absolute atomic E-state index is 6.24. The van der Waals surface area contributed by atoms with Crippen molar-refractivity contribution in [3.63, 3.8) is 0 Å². The van der Waals surface area contributed by atoms with E-state index < -0.39 is 0 Å². The Bertz CT molecular complexity index is 936. The third-order valence-corrected chi connectivity index (χ3v) is 4.25. The zero-order valence-corrected chi connectivity index (χ0v) is 13.6. The van der Waals surface area contributed by atoms with Crippen molar-refractivity contribution in [1.82, 2.24) is 0 Å². The molecule has 0 aliphatic heterocycles. The van der Waals surface area contributed by atoms with Gasteiger partial charge in [-0.3, -0.25) is 0 Å².